The minimum Gasteiger partial charge on any atom is -0.489 e. The number of ether oxygens (including phenoxy) is 2. The number of amides is 1. The summed E-state index contributed by atoms with van der Waals surface area (Å²) in [5, 5.41) is 2.75. The summed E-state index contributed by atoms with van der Waals surface area (Å²) in [6.07, 6.45) is 5.42. The van der Waals surface area contributed by atoms with Crippen LogP contribution in [0.4, 0.5) is 5.69 Å². The second-order valence-electron chi connectivity index (χ2n) is 8.15. The maximum Gasteiger partial charge on any atom is 0.306 e. The van der Waals surface area contributed by atoms with Gasteiger partial charge in [0, 0.05) is 12.1 Å². The largest absolute Gasteiger partial charge is 0.489 e. The topological polar surface area (TPSA) is 64.6 Å². The molecule has 1 amide bonds. The van der Waals surface area contributed by atoms with Gasteiger partial charge in [0.25, 0.3) is 5.91 Å². The molecule has 2 aromatic carbocycles. The second kappa shape index (κ2) is 9.12. The maximum atomic E-state index is 12.1. The molecular weight excluding hydrogens is 366 g/mol. The molecule has 2 aromatic rings. The molecule has 0 spiro atoms. The molecule has 0 aromatic heterocycles. The van der Waals surface area contributed by atoms with Gasteiger partial charge < -0.3 is 14.8 Å². The van der Waals surface area contributed by atoms with E-state index in [4.69, 9.17) is 9.47 Å². The summed E-state index contributed by atoms with van der Waals surface area (Å²) in [7, 11) is 0. The Bertz CT molecular complexity index is 834. The molecule has 2 aliphatic rings. The Hall–Kier alpha value is -2.82. The molecule has 5 heteroatoms. The van der Waals surface area contributed by atoms with Gasteiger partial charge in [0.05, 0.1) is 0 Å². The molecule has 1 N–H and O–H groups in total. The fourth-order valence-corrected chi connectivity index (χ4v) is 4.62. The molecule has 0 aliphatic heterocycles. The first-order valence-electron chi connectivity index (χ1n) is 10.4. The Labute approximate surface area is 171 Å². The minimum absolute atomic E-state index is 0.244. The van der Waals surface area contributed by atoms with Crippen molar-refractivity contribution in [3.05, 3.63) is 60.2 Å². The van der Waals surface area contributed by atoms with E-state index in [1.165, 1.54) is 19.3 Å². The van der Waals surface area contributed by atoms with E-state index in [-0.39, 0.29) is 18.5 Å². The Balaban J connectivity index is 1.17. The molecule has 0 radical (unpaired) electrons. The van der Waals surface area contributed by atoms with Crippen LogP contribution in [0, 0.1) is 17.8 Å². The average Bonchev–Trinajstić information content (AvgIpc) is 3.36. The fraction of sp³-hybridized carbons (Fsp3) is 0.417. The Morgan fingerprint density at radius 2 is 1.76 bits per heavy atom. The highest BCUT2D eigenvalue weighted by Crippen LogP contribution is 2.49. The van der Waals surface area contributed by atoms with Crippen LogP contribution in [-0.2, 0) is 20.9 Å². The third kappa shape index (κ3) is 5.37. The van der Waals surface area contributed by atoms with Crippen LogP contribution in [0.1, 0.15) is 37.7 Å². The third-order valence-corrected chi connectivity index (χ3v) is 6.06. The summed E-state index contributed by atoms with van der Waals surface area (Å²) in [6, 6.07) is 17.1. The van der Waals surface area contributed by atoms with Crippen molar-refractivity contribution in [1.29, 1.82) is 0 Å². The van der Waals surface area contributed by atoms with Crippen molar-refractivity contribution in [2.45, 2.75) is 38.7 Å². The smallest absolute Gasteiger partial charge is 0.306 e. The van der Waals surface area contributed by atoms with Crippen LogP contribution in [-0.4, -0.2) is 18.5 Å². The number of hydrogen-bond acceptors (Lipinski definition) is 4. The van der Waals surface area contributed by atoms with E-state index < -0.39 is 0 Å². The predicted octanol–water partition coefficient (Wildman–Crippen LogP) is 4.57. The molecule has 0 heterocycles. The SMILES string of the molecule is O=C(COC(=O)C[C@H]1C[C@H]2CC[C@@H]1C2)Nc1ccc(OCc2ccccc2)cc1. The van der Waals surface area contributed by atoms with Crippen LogP contribution in [0.2, 0.25) is 0 Å². The van der Waals surface area contributed by atoms with E-state index >= 15 is 0 Å². The van der Waals surface area contributed by atoms with E-state index in [0.717, 1.165) is 23.7 Å². The molecule has 152 valence electrons. The Morgan fingerprint density at radius 3 is 2.45 bits per heavy atom. The van der Waals surface area contributed by atoms with Crippen LogP contribution in [0.15, 0.2) is 54.6 Å². The standard InChI is InChI=1S/C24H27NO4/c26-23(16-29-24(27)14-20-13-18-6-7-19(20)12-18)25-21-8-10-22(11-9-21)28-15-17-4-2-1-3-5-17/h1-5,8-11,18-20H,6-7,12-16H2,(H,25,26)/t18-,19+,20+/m0/s1. The van der Waals surface area contributed by atoms with Crippen molar-refractivity contribution in [2.24, 2.45) is 17.8 Å². The number of hydrogen-bond donors (Lipinski definition) is 1. The summed E-state index contributed by atoms with van der Waals surface area (Å²) in [6.45, 7) is 0.247. The van der Waals surface area contributed by atoms with Crippen molar-refractivity contribution in [2.75, 3.05) is 11.9 Å². The first-order valence-corrected chi connectivity index (χ1v) is 10.4. The molecule has 2 fully saturated rings. The number of esters is 1. The van der Waals surface area contributed by atoms with Crippen molar-refractivity contribution in [1.82, 2.24) is 0 Å². The van der Waals surface area contributed by atoms with E-state index in [2.05, 4.69) is 5.32 Å². The van der Waals surface area contributed by atoms with Crippen molar-refractivity contribution in [3.8, 4) is 5.75 Å². The zero-order valence-corrected chi connectivity index (χ0v) is 16.5. The van der Waals surface area contributed by atoms with Crippen LogP contribution < -0.4 is 10.1 Å². The molecule has 4 rings (SSSR count). The first-order chi connectivity index (χ1) is 14.2. The van der Waals surface area contributed by atoms with Gasteiger partial charge in [-0.3, -0.25) is 9.59 Å². The summed E-state index contributed by atoms with van der Waals surface area (Å²) in [4.78, 5) is 24.1. The van der Waals surface area contributed by atoms with Gasteiger partial charge in [0.1, 0.15) is 12.4 Å². The van der Waals surface area contributed by atoms with Crippen molar-refractivity contribution >= 4 is 17.6 Å². The maximum absolute atomic E-state index is 12.1. The first kappa shape index (κ1) is 19.5. The van der Waals surface area contributed by atoms with E-state index in [1.807, 2.05) is 30.3 Å². The molecule has 2 bridgehead atoms. The molecule has 0 unspecified atom stereocenters. The van der Waals surface area contributed by atoms with Gasteiger partial charge in [0.2, 0.25) is 0 Å². The van der Waals surface area contributed by atoms with E-state index in [1.54, 1.807) is 24.3 Å². The summed E-state index contributed by atoms with van der Waals surface area (Å²) < 4.78 is 10.9. The van der Waals surface area contributed by atoms with Crippen LogP contribution >= 0.6 is 0 Å². The highest BCUT2D eigenvalue weighted by Gasteiger charge is 2.40. The Kier molecular flexibility index (Phi) is 6.13. The average molecular weight is 393 g/mol. The number of anilines is 1. The third-order valence-electron chi connectivity index (χ3n) is 6.06. The van der Waals surface area contributed by atoms with Gasteiger partial charge >= 0.3 is 5.97 Å². The van der Waals surface area contributed by atoms with Gasteiger partial charge in [-0.1, -0.05) is 36.8 Å². The van der Waals surface area contributed by atoms with Gasteiger partial charge in [-0.2, -0.15) is 0 Å². The lowest BCUT2D eigenvalue weighted by atomic mass is 9.86. The van der Waals surface area contributed by atoms with Crippen LogP contribution in [0.3, 0.4) is 0 Å². The van der Waals surface area contributed by atoms with Crippen molar-refractivity contribution in [3.63, 3.8) is 0 Å². The molecule has 2 aliphatic carbocycles. The summed E-state index contributed by atoms with van der Waals surface area (Å²) in [5.74, 6) is 2.08. The second-order valence-corrected chi connectivity index (χ2v) is 8.15. The lowest BCUT2D eigenvalue weighted by Gasteiger charge is -2.20. The minimum atomic E-state index is -0.329. The number of fused-ring (bicyclic) bond motifs is 2. The van der Waals surface area contributed by atoms with E-state index in [9.17, 15) is 9.59 Å². The van der Waals surface area contributed by atoms with Crippen LogP contribution in [0.25, 0.3) is 0 Å². The summed E-state index contributed by atoms with van der Waals surface area (Å²) >= 11 is 0. The molecular formula is C24H27NO4. The lowest BCUT2D eigenvalue weighted by Crippen LogP contribution is -2.23. The molecule has 29 heavy (non-hydrogen) atoms. The zero-order chi connectivity index (χ0) is 20.1. The number of rotatable bonds is 8. The molecule has 3 atom stereocenters. The normalized spacial score (nSPS) is 22.3. The Morgan fingerprint density at radius 1 is 0.966 bits per heavy atom. The number of carbonyl (C=O) groups excluding carboxylic acids is 2. The highest BCUT2D eigenvalue weighted by atomic mass is 16.5. The van der Waals surface area contributed by atoms with Gasteiger partial charge in [-0.15, -0.1) is 0 Å². The van der Waals surface area contributed by atoms with Crippen molar-refractivity contribution < 1.29 is 19.1 Å². The zero-order valence-electron chi connectivity index (χ0n) is 16.5. The molecule has 2 saturated carbocycles. The number of carbonyl (C=O) groups is 2. The quantitative estimate of drug-likeness (QED) is 0.667. The van der Waals surface area contributed by atoms with Gasteiger partial charge in [0.15, 0.2) is 6.61 Å². The molecule has 5 nitrogen and oxygen atoms in total. The lowest BCUT2D eigenvalue weighted by molar-refractivity contribution is -0.148. The number of nitrogens with one attached hydrogen (secondary N) is 1. The fourth-order valence-electron chi connectivity index (χ4n) is 4.62. The predicted molar refractivity (Wildman–Crippen MR) is 110 cm³/mol. The monoisotopic (exact) mass is 393 g/mol. The highest BCUT2D eigenvalue weighted by molar-refractivity contribution is 5.92. The van der Waals surface area contributed by atoms with E-state index in [0.29, 0.717) is 30.6 Å². The number of benzene rings is 2. The molecule has 0 saturated heterocycles. The summed E-state index contributed by atoms with van der Waals surface area (Å²) in [5.41, 5.74) is 1.74. The van der Waals surface area contributed by atoms with Gasteiger partial charge in [-0.25, -0.2) is 0 Å². The van der Waals surface area contributed by atoms with Gasteiger partial charge in [-0.05, 0) is 66.8 Å². The van der Waals surface area contributed by atoms with Crippen LogP contribution in [0.5, 0.6) is 5.75 Å².